The van der Waals surface area contributed by atoms with Crippen molar-refractivity contribution in [2.24, 2.45) is 7.05 Å². The second-order valence-electron chi connectivity index (χ2n) is 3.77. The molecular formula is C11H12N4O3. The van der Waals surface area contributed by atoms with E-state index in [-0.39, 0.29) is 11.6 Å². The van der Waals surface area contributed by atoms with Crippen LogP contribution in [0.4, 0.5) is 0 Å². The Bertz CT molecular complexity index is 606. The summed E-state index contributed by atoms with van der Waals surface area (Å²) in [7, 11) is 1.80. The van der Waals surface area contributed by atoms with Gasteiger partial charge >= 0.3 is 5.97 Å². The first-order chi connectivity index (χ1) is 8.49. The van der Waals surface area contributed by atoms with Crippen LogP contribution >= 0.6 is 0 Å². The number of aromatic carboxylic acids is 1. The average Bonchev–Trinajstić information content (AvgIpc) is 2.56. The molecule has 94 valence electrons. The third-order valence-electron chi connectivity index (χ3n) is 2.48. The SMILES string of the molecule is Cc1nn(C)c(C)c1Oc1cncc(C(=O)O)n1. The van der Waals surface area contributed by atoms with Gasteiger partial charge in [0, 0.05) is 7.05 Å². The molecule has 7 nitrogen and oxygen atoms in total. The van der Waals surface area contributed by atoms with Gasteiger partial charge in [-0.3, -0.25) is 9.67 Å². The average molecular weight is 248 g/mol. The molecule has 0 aliphatic rings. The molecule has 0 spiro atoms. The fourth-order valence-corrected chi connectivity index (χ4v) is 1.51. The molecule has 0 saturated heterocycles. The summed E-state index contributed by atoms with van der Waals surface area (Å²) in [5, 5.41) is 13.0. The lowest BCUT2D eigenvalue weighted by Gasteiger charge is -2.04. The minimum atomic E-state index is -1.15. The number of carbonyl (C=O) groups is 1. The van der Waals surface area contributed by atoms with Crippen molar-refractivity contribution in [3.05, 3.63) is 29.5 Å². The van der Waals surface area contributed by atoms with E-state index >= 15 is 0 Å². The van der Waals surface area contributed by atoms with Crippen molar-refractivity contribution in [1.29, 1.82) is 0 Å². The zero-order valence-corrected chi connectivity index (χ0v) is 10.2. The Kier molecular flexibility index (Phi) is 2.97. The third kappa shape index (κ3) is 2.15. The monoisotopic (exact) mass is 248 g/mol. The standard InChI is InChI=1S/C11H12N4O3/c1-6-10(7(2)15(3)14-6)18-9-5-12-4-8(13-9)11(16)17/h4-5H,1-3H3,(H,16,17). The van der Waals surface area contributed by atoms with Gasteiger partial charge in [0.15, 0.2) is 11.4 Å². The lowest BCUT2D eigenvalue weighted by atomic mass is 10.3. The highest BCUT2D eigenvalue weighted by Gasteiger charge is 2.14. The highest BCUT2D eigenvalue weighted by Crippen LogP contribution is 2.26. The molecule has 2 aromatic heterocycles. The molecule has 0 saturated carbocycles. The van der Waals surface area contributed by atoms with Crippen molar-refractivity contribution >= 4 is 5.97 Å². The summed E-state index contributed by atoms with van der Waals surface area (Å²) in [6, 6.07) is 0. The summed E-state index contributed by atoms with van der Waals surface area (Å²) in [6.45, 7) is 3.65. The van der Waals surface area contributed by atoms with Crippen molar-refractivity contribution in [2.45, 2.75) is 13.8 Å². The quantitative estimate of drug-likeness (QED) is 0.880. The summed E-state index contributed by atoms with van der Waals surface area (Å²) in [5.74, 6) is -0.448. The van der Waals surface area contributed by atoms with Crippen LogP contribution in [0.2, 0.25) is 0 Å². The number of aryl methyl sites for hydroxylation is 2. The lowest BCUT2D eigenvalue weighted by Crippen LogP contribution is -2.02. The van der Waals surface area contributed by atoms with E-state index < -0.39 is 5.97 Å². The molecule has 0 fully saturated rings. The van der Waals surface area contributed by atoms with Gasteiger partial charge in [0.05, 0.1) is 18.1 Å². The number of ether oxygens (including phenoxy) is 1. The van der Waals surface area contributed by atoms with E-state index in [1.165, 1.54) is 6.20 Å². The van der Waals surface area contributed by atoms with Crippen LogP contribution < -0.4 is 4.74 Å². The number of hydrogen-bond donors (Lipinski definition) is 1. The van der Waals surface area contributed by atoms with Crippen LogP contribution in [0.1, 0.15) is 21.9 Å². The van der Waals surface area contributed by atoms with Gasteiger partial charge in [0.25, 0.3) is 0 Å². The highest BCUT2D eigenvalue weighted by atomic mass is 16.5. The zero-order valence-electron chi connectivity index (χ0n) is 10.2. The molecule has 0 aliphatic carbocycles. The minimum Gasteiger partial charge on any atom is -0.476 e. The minimum absolute atomic E-state index is 0.133. The maximum Gasteiger partial charge on any atom is 0.356 e. The lowest BCUT2D eigenvalue weighted by molar-refractivity contribution is 0.0689. The predicted octanol–water partition coefficient (Wildman–Crippen LogP) is 1.32. The number of nitrogens with zero attached hydrogens (tertiary/aromatic N) is 4. The number of aromatic nitrogens is 4. The predicted molar refractivity (Wildman–Crippen MR) is 61.7 cm³/mol. The first-order valence-electron chi connectivity index (χ1n) is 5.22. The van der Waals surface area contributed by atoms with Gasteiger partial charge in [-0.05, 0) is 13.8 Å². The zero-order chi connectivity index (χ0) is 13.3. The Hall–Kier alpha value is -2.44. The molecule has 0 bridgehead atoms. The summed E-state index contributed by atoms with van der Waals surface area (Å²) in [5.41, 5.74) is 1.37. The molecular weight excluding hydrogens is 236 g/mol. The summed E-state index contributed by atoms with van der Waals surface area (Å²) < 4.78 is 7.21. The van der Waals surface area contributed by atoms with Crippen molar-refractivity contribution in [3.63, 3.8) is 0 Å². The maximum absolute atomic E-state index is 10.8. The molecule has 2 heterocycles. The topological polar surface area (TPSA) is 90.1 Å². The van der Waals surface area contributed by atoms with Crippen molar-refractivity contribution < 1.29 is 14.6 Å². The number of rotatable bonds is 3. The first kappa shape index (κ1) is 12.0. The molecule has 7 heteroatoms. The Morgan fingerprint density at radius 2 is 2.11 bits per heavy atom. The number of carboxylic acid groups (broad SMARTS) is 1. The summed E-state index contributed by atoms with van der Waals surface area (Å²) in [6.07, 6.45) is 2.52. The second-order valence-corrected chi connectivity index (χ2v) is 3.77. The largest absolute Gasteiger partial charge is 0.476 e. The van der Waals surface area contributed by atoms with Crippen LogP contribution in [0.15, 0.2) is 12.4 Å². The van der Waals surface area contributed by atoms with Crippen molar-refractivity contribution in [1.82, 2.24) is 19.7 Å². The Labute approximate surface area is 103 Å². The fraction of sp³-hybridized carbons (Fsp3) is 0.273. The van der Waals surface area contributed by atoms with E-state index in [1.807, 2.05) is 6.92 Å². The third-order valence-corrected chi connectivity index (χ3v) is 2.48. The van der Waals surface area contributed by atoms with E-state index in [0.29, 0.717) is 11.4 Å². The molecule has 2 aromatic rings. The van der Waals surface area contributed by atoms with Crippen LogP contribution in [0, 0.1) is 13.8 Å². The van der Waals surface area contributed by atoms with Crippen LogP contribution in [0.5, 0.6) is 11.6 Å². The molecule has 0 aromatic carbocycles. The van der Waals surface area contributed by atoms with E-state index in [2.05, 4.69) is 15.1 Å². The van der Waals surface area contributed by atoms with Crippen LogP contribution in [0.3, 0.4) is 0 Å². The normalized spacial score (nSPS) is 10.4. The Balaban J connectivity index is 2.34. The molecule has 18 heavy (non-hydrogen) atoms. The Morgan fingerprint density at radius 1 is 1.39 bits per heavy atom. The molecule has 1 N–H and O–H groups in total. The van der Waals surface area contributed by atoms with Gasteiger partial charge in [-0.25, -0.2) is 9.78 Å². The van der Waals surface area contributed by atoms with Gasteiger partial charge in [0.2, 0.25) is 5.88 Å². The van der Waals surface area contributed by atoms with E-state index in [0.717, 1.165) is 11.9 Å². The van der Waals surface area contributed by atoms with Gasteiger partial charge < -0.3 is 9.84 Å². The van der Waals surface area contributed by atoms with Gasteiger partial charge in [-0.2, -0.15) is 5.10 Å². The molecule has 2 rings (SSSR count). The first-order valence-corrected chi connectivity index (χ1v) is 5.22. The van der Waals surface area contributed by atoms with Crippen LogP contribution in [0.25, 0.3) is 0 Å². The molecule has 0 atom stereocenters. The molecule has 0 unspecified atom stereocenters. The Morgan fingerprint density at radius 3 is 2.67 bits per heavy atom. The summed E-state index contributed by atoms with van der Waals surface area (Å²) in [4.78, 5) is 18.4. The molecule has 0 amide bonds. The fourth-order valence-electron chi connectivity index (χ4n) is 1.51. The number of hydrogen-bond acceptors (Lipinski definition) is 5. The van der Waals surface area contributed by atoms with Crippen LogP contribution in [-0.2, 0) is 7.05 Å². The van der Waals surface area contributed by atoms with Crippen molar-refractivity contribution in [3.8, 4) is 11.6 Å². The highest BCUT2D eigenvalue weighted by molar-refractivity contribution is 5.84. The van der Waals surface area contributed by atoms with Crippen LogP contribution in [-0.4, -0.2) is 30.8 Å². The summed E-state index contributed by atoms with van der Waals surface area (Å²) >= 11 is 0. The van der Waals surface area contributed by atoms with Gasteiger partial charge in [-0.1, -0.05) is 0 Å². The van der Waals surface area contributed by atoms with Gasteiger partial charge in [-0.15, -0.1) is 0 Å². The number of carboxylic acids is 1. The molecule has 0 radical (unpaired) electrons. The van der Waals surface area contributed by atoms with Gasteiger partial charge in [0.1, 0.15) is 5.69 Å². The van der Waals surface area contributed by atoms with E-state index in [9.17, 15) is 4.79 Å². The second kappa shape index (κ2) is 4.44. The van der Waals surface area contributed by atoms with E-state index in [1.54, 1.807) is 18.7 Å². The molecule has 0 aliphatic heterocycles. The van der Waals surface area contributed by atoms with Crippen molar-refractivity contribution in [2.75, 3.05) is 0 Å². The maximum atomic E-state index is 10.8. The smallest absolute Gasteiger partial charge is 0.356 e. The van der Waals surface area contributed by atoms with E-state index in [4.69, 9.17) is 9.84 Å².